The second-order valence-electron chi connectivity index (χ2n) is 5.47. The Hall–Kier alpha value is 0.250. The van der Waals surface area contributed by atoms with Crippen LogP contribution in [0, 0.1) is 11.8 Å². The third kappa shape index (κ3) is 0.958. The fourth-order valence-electron chi connectivity index (χ4n) is 4.22. The second kappa shape index (κ2) is 2.01. The molecule has 2 atom stereocenters. The van der Waals surface area contributed by atoms with Gasteiger partial charge in [-0.05, 0) is 50.4 Å². The molecule has 2 N–H and O–H groups in total. The summed E-state index contributed by atoms with van der Waals surface area (Å²) < 4.78 is 0. The molecule has 0 unspecified atom stereocenters. The first-order chi connectivity index (χ1) is 5.57. The zero-order valence-corrected chi connectivity index (χ0v) is 8.11. The molecular formula is C10H16ClN. The minimum Gasteiger partial charge on any atom is -0.325 e. The fourth-order valence-corrected chi connectivity index (χ4v) is 4.92. The van der Waals surface area contributed by atoms with Crippen LogP contribution in [0.2, 0.25) is 0 Å². The van der Waals surface area contributed by atoms with Crippen molar-refractivity contribution in [2.24, 2.45) is 17.6 Å². The molecule has 1 nitrogen and oxygen atoms in total. The SMILES string of the molecule is NC12C[C@@H]3C[C@@H](C1)CC(Cl)(C3)C2. The predicted molar refractivity (Wildman–Crippen MR) is 50.2 cm³/mol. The molecule has 0 aromatic heterocycles. The van der Waals surface area contributed by atoms with Crippen LogP contribution >= 0.6 is 11.6 Å². The maximum absolute atomic E-state index is 6.54. The molecule has 68 valence electrons. The van der Waals surface area contributed by atoms with Crippen molar-refractivity contribution in [2.75, 3.05) is 0 Å². The van der Waals surface area contributed by atoms with Crippen LogP contribution in [-0.4, -0.2) is 10.4 Å². The standard InChI is InChI=1S/C10H16ClN/c11-9-2-7-1-8(3-9)5-10(12,4-7)6-9/h7-8H,1-6,12H2/t7-,8-,9?,10?/m1/s1. The number of rotatable bonds is 0. The van der Waals surface area contributed by atoms with Crippen LogP contribution in [-0.2, 0) is 0 Å². The predicted octanol–water partition coefficient (Wildman–Crippen LogP) is 2.28. The van der Waals surface area contributed by atoms with Gasteiger partial charge < -0.3 is 5.73 Å². The van der Waals surface area contributed by atoms with Gasteiger partial charge in [0.05, 0.1) is 0 Å². The zero-order valence-electron chi connectivity index (χ0n) is 7.35. The van der Waals surface area contributed by atoms with Crippen molar-refractivity contribution in [2.45, 2.75) is 48.9 Å². The van der Waals surface area contributed by atoms with Crippen LogP contribution in [0.4, 0.5) is 0 Å². The van der Waals surface area contributed by atoms with Crippen molar-refractivity contribution < 1.29 is 0 Å². The second-order valence-corrected chi connectivity index (χ2v) is 6.28. The number of alkyl halides is 1. The average Bonchev–Trinajstić information content (AvgIpc) is 1.75. The Bertz CT molecular complexity index is 192. The zero-order chi connectivity index (χ0) is 8.40. The van der Waals surface area contributed by atoms with Crippen molar-refractivity contribution in [3.8, 4) is 0 Å². The summed E-state index contributed by atoms with van der Waals surface area (Å²) in [4.78, 5) is 0.110. The van der Waals surface area contributed by atoms with Gasteiger partial charge in [0, 0.05) is 10.4 Å². The average molecular weight is 186 g/mol. The Morgan fingerprint density at radius 1 is 1.08 bits per heavy atom. The topological polar surface area (TPSA) is 26.0 Å². The van der Waals surface area contributed by atoms with E-state index in [0.29, 0.717) is 0 Å². The summed E-state index contributed by atoms with van der Waals surface area (Å²) in [6.45, 7) is 0. The molecule has 0 aromatic rings. The Labute approximate surface area is 78.6 Å². The molecule has 0 saturated heterocycles. The number of nitrogens with two attached hydrogens (primary N) is 1. The van der Waals surface area contributed by atoms with E-state index in [2.05, 4.69) is 0 Å². The van der Waals surface area contributed by atoms with Gasteiger partial charge in [-0.2, -0.15) is 0 Å². The van der Waals surface area contributed by atoms with E-state index in [9.17, 15) is 0 Å². The molecular weight excluding hydrogens is 170 g/mol. The van der Waals surface area contributed by atoms with Gasteiger partial charge in [0.2, 0.25) is 0 Å². The van der Waals surface area contributed by atoms with Gasteiger partial charge in [0.15, 0.2) is 0 Å². The summed E-state index contributed by atoms with van der Waals surface area (Å²) in [6, 6.07) is 0. The summed E-state index contributed by atoms with van der Waals surface area (Å²) in [5, 5.41) is 0. The number of hydrogen-bond acceptors (Lipinski definition) is 1. The van der Waals surface area contributed by atoms with Crippen LogP contribution in [0.5, 0.6) is 0 Å². The van der Waals surface area contributed by atoms with E-state index in [0.717, 1.165) is 18.3 Å². The molecule has 4 aliphatic carbocycles. The van der Waals surface area contributed by atoms with Gasteiger partial charge in [-0.25, -0.2) is 0 Å². The van der Waals surface area contributed by atoms with E-state index in [4.69, 9.17) is 17.3 Å². The van der Waals surface area contributed by atoms with Crippen LogP contribution in [0.25, 0.3) is 0 Å². The van der Waals surface area contributed by atoms with Crippen molar-refractivity contribution >= 4 is 11.6 Å². The molecule has 0 spiro atoms. The van der Waals surface area contributed by atoms with E-state index in [1.807, 2.05) is 0 Å². The smallest absolute Gasteiger partial charge is 0.0469 e. The first-order valence-corrected chi connectivity index (χ1v) is 5.43. The molecule has 4 aliphatic rings. The Kier molecular flexibility index (Phi) is 1.28. The van der Waals surface area contributed by atoms with E-state index in [1.54, 1.807) is 0 Å². The Morgan fingerprint density at radius 3 is 2.08 bits per heavy atom. The van der Waals surface area contributed by atoms with Crippen molar-refractivity contribution in [1.29, 1.82) is 0 Å². The summed E-state index contributed by atoms with van der Waals surface area (Å²) in [6.07, 6.45) is 7.46. The van der Waals surface area contributed by atoms with Crippen molar-refractivity contribution in [3.63, 3.8) is 0 Å². The monoisotopic (exact) mass is 185 g/mol. The number of hydrogen-bond donors (Lipinski definition) is 1. The molecule has 0 aliphatic heterocycles. The maximum atomic E-state index is 6.54. The molecule has 4 fully saturated rings. The molecule has 4 bridgehead atoms. The van der Waals surface area contributed by atoms with Crippen LogP contribution < -0.4 is 5.73 Å². The highest BCUT2D eigenvalue weighted by molar-refractivity contribution is 6.24. The van der Waals surface area contributed by atoms with Crippen LogP contribution in [0.1, 0.15) is 38.5 Å². The van der Waals surface area contributed by atoms with Gasteiger partial charge in [0.25, 0.3) is 0 Å². The first-order valence-electron chi connectivity index (χ1n) is 5.05. The highest BCUT2D eigenvalue weighted by Gasteiger charge is 2.55. The third-order valence-electron chi connectivity index (χ3n) is 4.03. The molecule has 0 heterocycles. The van der Waals surface area contributed by atoms with Gasteiger partial charge >= 0.3 is 0 Å². The summed E-state index contributed by atoms with van der Waals surface area (Å²) in [5.74, 6) is 1.71. The minimum absolute atomic E-state index is 0.110. The Morgan fingerprint density at radius 2 is 1.67 bits per heavy atom. The highest BCUT2D eigenvalue weighted by atomic mass is 35.5. The third-order valence-corrected chi connectivity index (χ3v) is 4.48. The molecule has 2 heteroatoms. The largest absolute Gasteiger partial charge is 0.325 e. The maximum Gasteiger partial charge on any atom is 0.0469 e. The Balaban J connectivity index is 1.98. The lowest BCUT2D eigenvalue weighted by molar-refractivity contribution is 0.0146. The quantitative estimate of drug-likeness (QED) is 0.576. The fraction of sp³-hybridized carbons (Fsp3) is 1.00. The van der Waals surface area contributed by atoms with Crippen molar-refractivity contribution in [1.82, 2.24) is 0 Å². The highest BCUT2D eigenvalue weighted by Crippen LogP contribution is 2.58. The summed E-state index contributed by atoms with van der Waals surface area (Å²) in [7, 11) is 0. The van der Waals surface area contributed by atoms with E-state index < -0.39 is 0 Å². The van der Waals surface area contributed by atoms with E-state index in [1.165, 1.54) is 32.1 Å². The van der Waals surface area contributed by atoms with Gasteiger partial charge in [-0.3, -0.25) is 0 Å². The lowest BCUT2D eigenvalue weighted by Gasteiger charge is -2.58. The molecule has 0 aromatic carbocycles. The first kappa shape index (κ1) is 7.64. The lowest BCUT2D eigenvalue weighted by atomic mass is 9.53. The minimum atomic E-state index is 0.110. The van der Waals surface area contributed by atoms with Gasteiger partial charge in [-0.15, -0.1) is 11.6 Å². The molecule has 4 saturated carbocycles. The molecule has 0 radical (unpaired) electrons. The molecule has 4 rings (SSSR count). The lowest BCUT2D eigenvalue weighted by Crippen LogP contribution is -2.60. The van der Waals surface area contributed by atoms with Crippen molar-refractivity contribution in [3.05, 3.63) is 0 Å². The molecule has 12 heavy (non-hydrogen) atoms. The molecule has 0 amide bonds. The van der Waals surface area contributed by atoms with Gasteiger partial charge in [0.1, 0.15) is 0 Å². The van der Waals surface area contributed by atoms with E-state index in [-0.39, 0.29) is 10.4 Å². The van der Waals surface area contributed by atoms with Gasteiger partial charge in [-0.1, -0.05) is 0 Å². The van der Waals surface area contributed by atoms with Crippen LogP contribution in [0.15, 0.2) is 0 Å². The van der Waals surface area contributed by atoms with Crippen LogP contribution in [0.3, 0.4) is 0 Å². The number of halogens is 1. The normalized spacial score (nSPS) is 62.5. The summed E-state index contributed by atoms with van der Waals surface area (Å²) in [5.41, 5.74) is 6.45. The summed E-state index contributed by atoms with van der Waals surface area (Å²) >= 11 is 6.54. The van der Waals surface area contributed by atoms with E-state index >= 15 is 0 Å².